The van der Waals surface area contributed by atoms with Crippen molar-refractivity contribution in [3.63, 3.8) is 0 Å². The quantitative estimate of drug-likeness (QED) is 0.666. The van der Waals surface area contributed by atoms with E-state index in [4.69, 9.17) is 4.74 Å². The number of ether oxygens (including phenoxy) is 1. The SMILES string of the molecule is CC(C)OCCC(=O)c1cnccn1. The van der Waals surface area contributed by atoms with E-state index in [9.17, 15) is 4.79 Å². The summed E-state index contributed by atoms with van der Waals surface area (Å²) in [7, 11) is 0. The normalized spacial score (nSPS) is 10.5. The van der Waals surface area contributed by atoms with E-state index in [1.165, 1.54) is 12.4 Å². The van der Waals surface area contributed by atoms with Crippen LogP contribution in [0, 0.1) is 0 Å². The van der Waals surface area contributed by atoms with Crippen molar-refractivity contribution in [1.82, 2.24) is 9.97 Å². The highest BCUT2D eigenvalue weighted by Crippen LogP contribution is 1.98. The van der Waals surface area contributed by atoms with Gasteiger partial charge in [-0.25, -0.2) is 4.98 Å². The summed E-state index contributed by atoms with van der Waals surface area (Å²) in [6, 6.07) is 0. The first-order valence-electron chi connectivity index (χ1n) is 4.61. The zero-order valence-corrected chi connectivity index (χ0v) is 8.43. The van der Waals surface area contributed by atoms with Gasteiger partial charge in [0, 0.05) is 18.8 Å². The van der Waals surface area contributed by atoms with Crippen LogP contribution in [0.1, 0.15) is 30.8 Å². The summed E-state index contributed by atoms with van der Waals surface area (Å²) < 4.78 is 5.26. The molecule has 4 heteroatoms. The van der Waals surface area contributed by atoms with E-state index in [1.807, 2.05) is 13.8 Å². The van der Waals surface area contributed by atoms with Gasteiger partial charge >= 0.3 is 0 Å². The van der Waals surface area contributed by atoms with Crippen LogP contribution >= 0.6 is 0 Å². The second-order valence-corrected chi connectivity index (χ2v) is 3.18. The predicted octanol–water partition coefficient (Wildman–Crippen LogP) is 1.47. The van der Waals surface area contributed by atoms with E-state index in [0.717, 1.165) is 0 Å². The molecular formula is C10H14N2O2. The fourth-order valence-corrected chi connectivity index (χ4v) is 0.958. The lowest BCUT2D eigenvalue weighted by Gasteiger charge is -2.05. The third kappa shape index (κ3) is 3.62. The zero-order valence-electron chi connectivity index (χ0n) is 8.43. The van der Waals surface area contributed by atoms with Crippen molar-refractivity contribution in [1.29, 1.82) is 0 Å². The Morgan fingerprint density at radius 2 is 2.29 bits per heavy atom. The van der Waals surface area contributed by atoms with Gasteiger partial charge in [0.25, 0.3) is 0 Å². The highest BCUT2D eigenvalue weighted by molar-refractivity contribution is 5.93. The standard InChI is InChI=1S/C10H14N2O2/c1-8(2)14-6-3-10(13)9-7-11-4-5-12-9/h4-5,7-8H,3,6H2,1-2H3. The number of Topliss-reactive ketones (excluding diaryl/α,β-unsaturated/α-hetero) is 1. The number of ketones is 1. The van der Waals surface area contributed by atoms with Crippen LogP contribution in [-0.4, -0.2) is 28.5 Å². The lowest BCUT2D eigenvalue weighted by Crippen LogP contribution is -2.10. The van der Waals surface area contributed by atoms with Gasteiger partial charge in [-0.05, 0) is 13.8 Å². The van der Waals surface area contributed by atoms with Crippen molar-refractivity contribution < 1.29 is 9.53 Å². The Hall–Kier alpha value is -1.29. The van der Waals surface area contributed by atoms with Gasteiger partial charge in [-0.1, -0.05) is 0 Å². The molecule has 0 aliphatic heterocycles. The molecule has 0 bridgehead atoms. The minimum Gasteiger partial charge on any atom is -0.378 e. The molecule has 4 nitrogen and oxygen atoms in total. The van der Waals surface area contributed by atoms with Crippen LogP contribution in [0.15, 0.2) is 18.6 Å². The third-order valence-electron chi connectivity index (χ3n) is 1.63. The average molecular weight is 194 g/mol. The fraction of sp³-hybridized carbons (Fsp3) is 0.500. The van der Waals surface area contributed by atoms with Gasteiger partial charge in [0.15, 0.2) is 5.78 Å². The van der Waals surface area contributed by atoms with E-state index < -0.39 is 0 Å². The van der Waals surface area contributed by atoms with Crippen LogP contribution in [0.4, 0.5) is 0 Å². The largest absolute Gasteiger partial charge is 0.378 e. The van der Waals surface area contributed by atoms with Gasteiger partial charge < -0.3 is 4.74 Å². The third-order valence-corrected chi connectivity index (χ3v) is 1.63. The topological polar surface area (TPSA) is 52.1 Å². The van der Waals surface area contributed by atoms with Gasteiger partial charge in [0.2, 0.25) is 0 Å². The van der Waals surface area contributed by atoms with Crippen LogP contribution in [0.25, 0.3) is 0 Å². The highest BCUT2D eigenvalue weighted by Gasteiger charge is 2.06. The van der Waals surface area contributed by atoms with E-state index >= 15 is 0 Å². The summed E-state index contributed by atoms with van der Waals surface area (Å²) >= 11 is 0. The van der Waals surface area contributed by atoms with Crippen molar-refractivity contribution >= 4 is 5.78 Å². The molecule has 0 atom stereocenters. The number of hydrogen-bond donors (Lipinski definition) is 0. The molecule has 0 aliphatic carbocycles. The second-order valence-electron chi connectivity index (χ2n) is 3.18. The van der Waals surface area contributed by atoms with Crippen LogP contribution in [-0.2, 0) is 4.74 Å². The van der Waals surface area contributed by atoms with Crippen molar-refractivity contribution in [3.05, 3.63) is 24.3 Å². The summed E-state index contributed by atoms with van der Waals surface area (Å²) in [6.45, 7) is 4.31. The van der Waals surface area contributed by atoms with Crippen molar-refractivity contribution in [2.24, 2.45) is 0 Å². The smallest absolute Gasteiger partial charge is 0.185 e. The molecule has 0 amide bonds. The molecule has 0 saturated heterocycles. The lowest BCUT2D eigenvalue weighted by atomic mass is 10.2. The molecule has 1 aromatic rings. The lowest BCUT2D eigenvalue weighted by molar-refractivity contribution is 0.0675. The number of rotatable bonds is 5. The van der Waals surface area contributed by atoms with Crippen molar-refractivity contribution in [2.45, 2.75) is 26.4 Å². The maximum absolute atomic E-state index is 11.4. The average Bonchev–Trinajstić information content (AvgIpc) is 2.18. The molecule has 0 spiro atoms. The Morgan fingerprint density at radius 1 is 1.50 bits per heavy atom. The minimum absolute atomic E-state index is 0.0289. The summed E-state index contributed by atoms with van der Waals surface area (Å²) in [5.74, 6) is -0.0289. The summed E-state index contributed by atoms with van der Waals surface area (Å²) in [6.07, 6.45) is 5.04. The zero-order chi connectivity index (χ0) is 10.4. The molecule has 1 aromatic heterocycles. The first-order valence-corrected chi connectivity index (χ1v) is 4.61. The first-order chi connectivity index (χ1) is 6.70. The molecular weight excluding hydrogens is 180 g/mol. The van der Waals surface area contributed by atoms with E-state index in [0.29, 0.717) is 18.7 Å². The summed E-state index contributed by atoms with van der Waals surface area (Å²) in [5, 5.41) is 0. The Balaban J connectivity index is 2.36. The van der Waals surface area contributed by atoms with Crippen molar-refractivity contribution in [3.8, 4) is 0 Å². The summed E-state index contributed by atoms with van der Waals surface area (Å²) in [5.41, 5.74) is 0.403. The number of hydrogen-bond acceptors (Lipinski definition) is 4. The second kappa shape index (κ2) is 5.44. The van der Waals surface area contributed by atoms with Crippen LogP contribution in [0.2, 0.25) is 0 Å². The number of aromatic nitrogens is 2. The molecule has 76 valence electrons. The van der Waals surface area contributed by atoms with Gasteiger partial charge in [0.05, 0.1) is 18.9 Å². The first kappa shape index (κ1) is 10.8. The van der Waals surface area contributed by atoms with Gasteiger partial charge in [-0.3, -0.25) is 9.78 Å². The summed E-state index contributed by atoms with van der Waals surface area (Å²) in [4.78, 5) is 19.2. The Kier molecular flexibility index (Phi) is 4.19. The van der Waals surface area contributed by atoms with Gasteiger partial charge in [-0.15, -0.1) is 0 Å². The highest BCUT2D eigenvalue weighted by atomic mass is 16.5. The minimum atomic E-state index is -0.0289. The van der Waals surface area contributed by atoms with E-state index in [-0.39, 0.29) is 11.9 Å². The molecule has 0 aliphatic rings. The monoisotopic (exact) mass is 194 g/mol. The molecule has 0 radical (unpaired) electrons. The molecule has 0 unspecified atom stereocenters. The van der Waals surface area contributed by atoms with Crippen LogP contribution < -0.4 is 0 Å². The predicted molar refractivity (Wildman–Crippen MR) is 52.1 cm³/mol. The maximum atomic E-state index is 11.4. The molecule has 1 heterocycles. The Labute approximate surface area is 83.3 Å². The molecule has 0 fully saturated rings. The number of carbonyl (C=O) groups is 1. The Morgan fingerprint density at radius 3 is 2.86 bits per heavy atom. The number of carbonyl (C=O) groups excluding carboxylic acids is 1. The molecule has 0 aromatic carbocycles. The van der Waals surface area contributed by atoms with Crippen LogP contribution in [0.3, 0.4) is 0 Å². The molecule has 1 rings (SSSR count). The molecule has 0 saturated carbocycles. The number of nitrogens with zero attached hydrogens (tertiary/aromatic N) is 2. The van der Waals surface area contributed by atoms with E-state index in [1.54, 1.807) is 6.20 Å². The van der Waals surface area contributed by atoms with Crippen molar-refractivity contribution in [2.75, 3.05) is 6.61 Å². The molecule has 0 N–H and O–H groups in total. The maximum Gasteiger partial charge on any atom is 0.185 e. The van der Waals surface area contributed by atoms with Gasteiger partial charge in [0.1, 0.15) is 5.69 Å². The molecule has 14 heavy (non-hydrogen) atoms. The van der Waals surface area contributed by atoms with Gasteiger partial charge in [-0.2, -0.15) is 0 Å². The Bertz CT molecular complexity index is 285. The fourth-order valence-electron chi connectivity index (χ4n) is 0.958. The van der Waals surface area contributed by atoms with E-state index in [2.05, 4.69) is 9.97 Å². The van der Waals surface area contributed by atoms with Crippen LogP contribution in [0.5, 0.6) is 0 Å².